The Labute approximate surface area is 105 Å². The number of anilines is 1. The van der Waals surface area contributed by atoms with E-state index in [0.717, 1.165) is 6.07 Å². The molecule has 0 saturated heterocycles. The molecule has 1 aromatic rings. The Morgan fingerprint density at radius 3 is 2.72 bits per heavy atom. The Bertz CT molecular complexity index is 531. The van der Waals surface area contributed by atoms with Crippen molar-refractivity contribution in [1.29, 1.82) is 5.26 Å². The van der Waals surface area contributed by atoms with E-state index in [1.54, 1.807) is 6.07 Å². The highest BCUT2D eigenvalue weighted by Crippen LogP contribution is 2.40. The van der Waals surface area contributed by atoms with E-state index in [9.17, 15) is 18.9 Å². The van der Waals surface area contributed by atoms with E-state index >= 15 is 0 Å². The Morgan fingerprint density at radius 2 is 2.28 bits per heavy atom. The van der Waals surface area contributed by atoms with Crippen LogP contribution in [0.25, 0.3) is 0 Å². The molecule has 96 valence electrons. The lowest BCUT2D eigenvalue weighted by Crippen LogP contribution is -2.09. The third-order valence-corrected chi connectivity index (χ3v) is 2.28. The molecule has 0 fully saturated rings. The van der Waals surface area contributed by atoms with Crippen molar-refractivity contribution in [2.75, 3.05) is 12.3 Å². The summed E-state index contributed by atoms with van der Waals surface area (Å²) < 4.78 is 28.6. The van der Waals surface area contributed by atoms with Crippen molar-refractivity contribution in [2.45, 2.75) is 6.43 Å². The smallest absolute Gasteiger partial charge is 0.295 e. The third kappa shape index (κ3) is 2.75. The fraction of sp³-hybridized carbons (Fsp3) is 0.222. The van der Waals surface area contributed by atoms with Crippen molar-refractivity contribution in [3.63, 3.8) is 0 Å². The highest BCUT2D eigenvalue weighted by atomic mass is 35.5. The first-order valence-corrected chi connectivity index (χ1v) is 4.83. The van der Waals surface area contributed by atoms with Gasteiger partial charge in [-0.15, -0.1) is 0 Å². The SMILES string of the molecule is N#Cc1cc([N+](=O)[O-])c(N)c(Cl)c1OCC(F)F. The minimum Gasteiger partial charge on any atom is -0.485 e. The number of nitro groups is 1. The second kappa shape index (κ2) is 5.46. The molecule has 0 aromatic heterocycles. The first-order chi connectivity index (χ1) is 8.38. The van der Waals surface area contributed by atoms with Crippen molar-refractivity contribution in [3.8, 4) is 11.8 Å². The summed E-state index contributed by atoms with van der Waals surface area (Å²) >= 11 is 5.66. The number of hydrogen-bond acceptors (Lipinski definition) is 5. The minimum absolute atomic E-state index is 0.332. The lowest BCUT2D eigenvalue weighted by atomic mass is 10.1. The van der Waals surface area contributed by atoms with E-state index in [2.05, 4.69) is 4.74 Å². The Balaban J connectivity index is 3.31. The number of hydrogen-bond donors (Lipinski definition) is 1. The molecule has 0 aliphatic heterocycles. The van der Waals surface area contributed by atoms with Gasteiger partial charge in [-0.25, -0.2) is 8.78 Å². The summed E-state index contributed by atoms with van der Waals surface area (Å²) in [6.07, 6.45) is -2.77. The summed E-state index contributed by atoms with van der Waals surface area (Å²) in [5, 5.41) is 19.0. The number of ether oxygens (including phenoxy) is 1. The number of nitrogen functional groups attached to an aromatic ring is 1. The van der Waals surface area contributed by atoms with Crippen LogP contribution in [-0.2, 0) is 0 Å². The van der Waals surface area contributed by atoms with Crippen LogP contribution in [0.4, 0.5) is 20.2 Å². The van der Waals surface area contributed by atoms with Crippen LogP contribution in [-0.4, -0.2) is 18.0 Å². The summed E-state index contributed by atoms with van der Waals surface area (Å²) in [4.78, 5) is 9.78. The van der Waals surface area contributed by atoms with Crippen LogP contribution in [0.2, 0.25) is 5.02 Å². The fourth-order valence-electron chi connectivity index (χ4n) is 1.15. The van der Waals surface area contributed by atoms with E-state index in [-0.39, 0.29) is 11.3 Å². The molecule has 1 aromatic carbocycles. The number of nitrogens with two attached hydrogens (primary N) is 1. The molecule has 18 heavy (non-hydrogen) atoms. The van der Waals surface area contributed by atoms with Gasteiger partial charge in [0, 0.05) is 6.07 Å². The first-order valence-electron chi connectivity index (χ1n) is 4.45. The molecule has 0 amide bonds. The molecule has 2 N–H and O–H groups in total. The number of nitrogens with zero attached hydrogens (tertiary/aromatic N) is 2. The summed E-state index contributed by atoms with van der Waals surface area (Å²) in [5.74, 6) is -0.387. The zero-order valence-electron chi connectivity index (χ0n) is 8.69. The van der Waals surface area contributed by atoms with E-state index in [4.69, 9.17) is 22.6 Å². The zero-order chi connectivity index (χ0) is 13.9. The molecule has 0 spiro atoms. The molecule has 0 atom stereocenters. The van der Waals surface area contributed by atoms with Crippen LogP contribution in [0, 0.1) is 21.4 Å². The van der Waals surface area contributed by atoms with Gasteiger partial charge >= 0.3 is 0 Å². The maximum absolute atomic E-state index is 12.0. The monoisotopic (exact) mass is 277 g/mol. The largest absolute Gasteiger partial charge is 0.485 e. The molecule has 0 saturated carbocycles. The molecule has 0 unspecified atom stereocenters. The lowest BCUT2D eigenvalue weighted by Gasteiger charge is -2.11. The Morgan fingerprint density at radius 1 is 1.67 bits per heavy atom. The number of benzene rings is 1. The Kier molecular flexibility index (Phi) is 4.23. The maximum Gasteiger partial charge on any atom is 0.295 e. The summed E-state index contributed by atoms with van der Waals surface area (Å²) in [6, 6.07) is 2.39. The van der Waals surface area contributed by atoms with Crippen LogP contribution < -0.4 is 10.5 Å². The summed E-state index contributed by atoms with van der Waals surface area (Å²) in [5.41, 5.74) is 4.01. The molecule has 6 nitrogen and oxygen atoms in total. The minimum atomic E-state index is -2.77. The molecule has 9 heteroatoms. The highest BCUT2D eigenvalue weighted by molar-refractivity contribution is 6.35. The molecule has 1 rings (SSSR count). The van der Waals surface area contributed by atoms with Gasteiger partial charge in [-0.3, -0.25) is 10.1 Å². The van der Waals surface area contributed by atoms with Crippen LogP contribution >= 0.6 is 11.6 Å². The van der Waals surface area contributed by atoms with Crippen molar-refractivity contribution in [1.82, 2.24) is 0 Å². The Hall–Kier alpha value is -2.14. The number of nitro benzene ring substituents is 1. The highest BCUT2D eigenvalue weighted by Gasteiger charge is 2.23. The van der Waals surface area contributed by atoms with E-state index in [0.29, 0.717) is 0 Å². The van der Waals surface area contributed by atoms with E-state index < -0.39 is 34.4 Å². The zero-order valence-corrected chi connectivity index (χ0v) is 9.45. The molecule has 0 aliphatic carbocycles. The predicted molar refractivity (Wildman–Crippen MR) is 58.7 cm³/mol. The molecule has 0 radical (unpaired) electrons. The quantitative estimate of drug-likeness (QED) is 0.517. The summed E-state index contributed by atoms with van der Waals surface area (Å²) in [7, 11) is 0. The molecule has 0 aliphatic rings. The van der Waals surface area contributed by atoms with Gasteiger partial charge in [-0.2, -0.15) is 5.26 Å². The van der Waals surface area contributed by atoms with Crippen LogP contribution in [0.3, 0.4) is 0 Å². The first kappa shape index (κ1) is 13.9. The summed E-state index contributed by atoms with van der Waals surface area (Å²) in [6.45, 7) is -0.994. The predicted octanol–water partition coefficient (Wildman–Crippen LogP) is 2.35. The second-order valence-electron chi connectivity index (χ2n) is 3.07. The van der Waals surface area contributed by atoms with Gasteiger partial charge in [0.2, 0.25) is 0 Å². The maximum atomic E-state index is 12.0. The van der Waals surface area contributed by atoms with Crippen molar-refractivity contribution >= 4 is 23.0 Å². The number of alkyl halides is 2. The number of halogens is 3. The third-order valence-electron chi connectivity index (χ3n) is 1.91. The van der Waals surface area contributed by atoms with Gasteiger partial charge < -0.3 is 10.5 Å². The van der Waals surface area contributed by atoms with Gasteiger partial charge in [0.25, 0.3) is 12.1 Å². The van der Waals surface area contributed by atoms with E-state index in [1.807, 2.05) is 0 Å². The van der Waals surface area contributed by atoms with E-state index in [1.165, 1.54) is 0 Å². The van der Waals surface area contributed by atoms with Gasteiger partial charge in [-0.1, -0.05) is 11.6 Å². The average molecular weight is 278 g/mol. The topological polar surface area (TPSA) is 102 Å². The molecule has 0 bridgehead atoms. The van der Waals surface area contributed by atoms with Gasteiger partial charge in [0.15, 0.2) is 5.75 Å². The van der Waals surface area contributed by atoms with Gasteiger partial charge in [0.05, 0.1) is 4.92 Å². The number of rotatable bonds is 4. The van der Waals surface area contributed by atoms with Crippen molar-refractivity contribution in [2.24, 2.45) is 0 Å². The second-order valence-corrected chi connectivity index (χ2v) is 3.45. The fourth-order valence-corrected chi connectivity index (χ4v) is 1.41. The van der Waals surface area contributed by atoms with Crippen LogP contribution in [0.1, 0.15) is 5.56 Å². The van der Waals surface area contributed by atoms with Gasteiger partial charge in [0.1, 0.15) is 28.9 Å². The number of nitriles is 1. The van der Waals surface area contributed by atoms with Crippen molar-refractivity contribution < 1.29 is 18.4 Å². The van der Waals surface area contributed by atoms with Gasteiger partial charge in [-0.05, 0) is 0 Å². The average Bonchev–Trinajstić information content (AvgIpc) is 2.30. The molecular formula is C9H6ClF2N3O3. The molecule has 0 heterocycles. The molecular weight excluding hydrogens is 272 g/mol. The standard InChI is InChI=1S/C9H6ClF2N3O3/c10-7-8(14)5(15(16)17)1-4(2-13)9(7)18-3-6(11)12/h1,6H,3,14H2. The lowest BCUT2D eigenvalue weighted by molar-refractivity contribution is -0.383. The van der Waals surface area contributed by atoms with Crippen molar-refractivity contribution in [3.05, 3.63) is 26.8 Å². The van der Waals surface area contributed by atoms with Crippen LogP contribution in [0.15, 0.2) is 6.07 Å². The normalized spacial score (nSPS) is 10.2. The van der Waals surface area contributed by atoms with Crippen LogP contribution in [0.5, 0.6) is 5.75 Å².